The summed E-state index contributed by atoms with van der Waals surface area (Å²) in [4.78, 5) is 0. The van der Waals surface area contributed by atoms with Crippen LogP contribution in [0.4, 0.5) is 4.39 Å². The Morgan fingerprint density at radius 2 is 1.43 bits per heavy atom. The number of unbranched alkanes of at least 4 members (excludes halogenated alkanes) is 6. The Hall–Kier alpha value is -2.34. The summed E-state index contributed by atoms with van der Waals surface area (Å²) in [6.07, 6.45) is 15.3. The molecule has 2 nitrogen and oxygen atoms in total. The highest BCUT2D eigenvalue weighted by Crippen LogP contribution is 2.46. The van der Waals surface area contributed by atoms with Crippen LogP contribution in [0.5, 0.6) is 5.75 Å². The lowest BCUT2D eigenvalue weighted by atomic mass is 9.67. The quantitative estimate of drug-likeness (QED) is 0.213. The molecule has 1 aliphatic carbocycles. The van der Waals surface area contributed by atoms with Gasteiger partial charge in [0.1, 0.15) is 11.9 Å². The van der Waals surface area contributed by atoms with Gasteiger partial charge >= 0.3 is 0 Å². The minimum absolute atomic E-state index is 0.0906. The monoisotopic (exact) mass is 505 g/mol. The van der Waals surface area contributed by atoms with E-state index in [4.69, 9.17) is 4.74 Å². The van der Waals surface area contributed by atoms with Gasteiger partial charge in [-0.05, 0) is 73.3 Å². The van der Waals surface area contributed by atoms with Crippen molar-refractivity contribution < 1.29 is 9.13 Å². The second-order valence-electron chi connectivity index (χ2n) is 11.2. The van der Waals surface area contributed by atoms with Gasteiger partial charge in [-0.25, -0.2) is 4.39 Å². The molecule has 3 rings (SSSR count). The van der Waals surface area contributed by atoms with E-state index in [1.54, 1.807) is 0 Å². The Morgan fingerprint density at radius 1 is 0.838 bits per heavy atom. The zero-order valence-corrected chi connectivity index (χ0v) is 23.3. The summed E-state index contributed by atoms with van der Waals surface area (Å²) in [5, 5.41) is 9.92. The van der Waals surface area contributed by atoms with E-state index in [0.29, 0.717) is 25.4 Å². The van der Waals surface area contributed by atoms with Crippen LogP contribution in [0, 0.1) is 16.7 Å². The molecule has 0 radical (unpaired) electrons. The molecule has 0 aliphatic heterocycles. The van der Waals surface area contributed by atoms with Crippen LogP contribution in [0.25, 0.3) is 11.1 Å². The zero-order chi connectivity index (χ0) is 26.3. The van der Waals surface area contributed by atoms with Gasteiger partial charge in [0.05, 0.1) is 18.1 Å². The molecular formula is C34H48FNO. The molecule has 0 spiro atoms. The molecule has 0 aromatic heterocycles. The van der Waals surface area contributed by atoms with Crippen molar-refractivity contribution in [3.8, 4) is 22.9 Å². The molecule has 1 saturated carbocycles. The van der Waals surface area contributed by atoms with E-state index in [2.05, 4.69) is 56.3 Å². The van der Waals surface area contributed by atoms with Crippen LogP contribution in [0.3, 0.4) is 0 Å². The maximum Gasteiger partial charge on any atom is 0.119 e. The molecule has 1 fully saturated rings. The molecule has 202 valence electrons. The van der Waals surface area contributed by atoms with E-state index in [-0.39, 0.29) is 5.41 Å². The highest BCUT2D eigenvalue weighted by molar-refractivity contribution is 5.64. The Morgan fingerprint density at radius 3 is 2.05 bits per heavy atom. The molecule has 0 amide bonds. The summed E-state index contributed by atoms with van der Waals surface area (Å²) >= 11 is 0. The first-order chi connectivity index (χ1) is 18.1. The van der Waals surface area contributed by atoms with Crippen LogP contribution in [-0.4, -0.2) is 12.8 Å². The fourth-order valence-electron chi connectivity index (χ4n) is 5.74. The van der Waals surface area contributed by atoms with Gasteiger partial charge in [-0.1, -0.05) is 102 Å². The van der Waals surface area contributed by atoms with Gasteiger partial charge in [-0.2, -0.15) is 5.26 Å². The average Bonchev–Trinajstić information content (AvgIpc) is 2.94. The fraction of sp³-hybridized carbons (Fsp3) is 0.618. The molecular weight excluding hydrogens is 457 g/mol. The number of alkyl halides is 1. The number of rotatable bonds is 16. The fourth-order valence-corrected chi connectivity index (χ4v) is 5.74. The highest BCUT2D eigenvalue weighted by atomic mass is 19.1. The van der Waals surface area contributed by atoms with Crippen LogP contribution in [0.1, 0.15) is 122 Å². The van der Waals surface area contributed by atoms with Crippen LogP contribution >= 0.6 is 0 Å². The van der Waals surface area contributed by atoms with Crippen molar-refractivity contribution in [2.75, 3.05) is 6.61 Å². The Balaban J connectivity index is 1.44. The average molecular weight is 506 g/mol. The van der Waals surface area contributed by atoms with Gasteiger partial charge in [0.2, 0.25) is 0 Å². The van der Waals surface area contributed by atoms with Gasteiger partial charge in [0, 0.05) is 6.42 Å². The highest BCUT2D eigenvalue weighted by Gasteiger charge is 2.35. The van der Waals surface area contributed by atoms with Crippen molar-refractivity contribution in [3.63, 3.8) is 0 Å². The number of hydrogen-bond donors (Lipinski definition) is 0. The summed E-state index contributed by atoms with van der Waals surface area (Å²) in [7, 11) is 0. The number of benzene rings is 2. The first kappa shape index (κ1) is 29.2. The molecule has 0 N–H and O–H groups in total. The molecule has 1 aliphatic rings. The lowest BCUT2D eigenvalue weighted by molar-refractivity contribution is 0.222. The Kier molecular flexibility index (Phi) is 12.5. The minimum atomic E-state index is -0.764. The second kappa shape index (κ2) is 15.8. The zero-order valence-electron chi connectivity index (χ0n) is 23.3. The van der Waals surface area contributed by atoms with E-state index in [1.807, 2.05) is 12.1 Å². The van der Waals surface area contributed by atoms with Gasteiger partial charge in [-0.3, -0.25) is 0 Å². The summed E-state index contributed by atoms with van der Waals surface area (Å²) in [6.45, 7) is 4.81. The molecule has 2 aromatic carbocycles. The van der Waals surface area contributed by atoms with E-state index in [9.17, 15) is 9.65 Å². The molecule has 1 atom stereocenters. The molecule has 0 bridgehead atoms. The minimum Gasteiger partial charge on any atom is -0.493 e. The van der Waals surface area contributed by atoms with Crippen molar-refractivity contribution in [1.29, 1.82) is 5.26 Å². The van der Waals surface area contributed by atoms with Gasteiger partial charge < -0.3 is 4.74 Å². The summed E-state index contributed by atoms with van der Waals surface area (Å²) in [5.41, 5.74) is 3.67. The molecule has 0 unspecified atom stereocenters. The van der Waals surface area contributed by atoms with Crippen molar-refractivity contribution in [3.05, 3.63) is 54.1 Å². The Bertz CT molecular complexity index is 922. The number of nitriles is 1. The Labute approximate surface area is 225 Å². The predicted octanol–water partition coefficient (Wildman–Crippen LogP) is 10.6. The number of hydrogen-bond acceptors (Lipinski definition) is 2. The molecule has 3 heteroatoms. The van der Waals surface area contributed by atoms with Crippen molar-refractivity contribution in [2.24, 2.45) is 5.41 Å². The number of nitrogens with zero attached hydrogens (tertiary/aromatic N) is 1. The smallest absolute Gasteiger partial charge is 0.119 e. The third kappa shape index (κ3) is 9.48. The normalized spacial score (nSPS) is 20.3. The maximum absolute atomic E-state index is 13.9. The lowest BCUT2D eigenvalue weighted by Gasteiger charge is -2.35. The first-order valence-electron chi connectivity index (χ1n) is 15.0. The molecule has 0 saturated heterocycles. The predicted molar refractivity (Wildman–Crippen MR) is 154 cm³/mol. The standard InChI is InChI=1S/C34H48FNO/c1-3-5-7-8-10-23-34(27-36)24-20-31(21-25-34)29-14-12-28(13-15-29)30-16-18-33(19-17-30)37-26-22-32(35)11-9-6-4-2/h12-19,31-32H,3-11,20-26H2,1-2H3/t31?,32-,34?/m1/s1. The maximum atomic E-state index is 13.9. The lowest BCUT2D eigenvalue weighted by Crippen LogP contribution is -2.25. The largest absolute Gasteiger partial charge is 0.493 e. The van der Waals surface area contributed by atoms with E-state index in [0.717, 1.165) is 62.7 Å². The topological polar surface area (TPSA) is 33.0 Å². The molecule has 2 aromatic rings. The summed E-state index contributed by atoms with van der Waals surface area (Å²) in [6, 6.07) is 19.8. The third-order valence-electron chi connectivity index (χ3n) is 8.33. The van der Waals surface area contributed by atoms with E-state index >= 15 is 0 Å². The van der Waals surface area contributed by atoms with Crippen molar-refractivity contribution in [2.45, 2.75) is 122 Å². The van der Waals surface area contributed by atoms with E-state index in [1.165, 1.54) is 43.2 Å². The number of halogens is 1. The van der Waals surface area contributed by atoms with Crippen LogP contribution < -0.4 is 4.74 Å². The first-order valence-corrected chi connectivity index (χ1v) is 15.0. The van der Waals surface area contributed by atoms with Gasteiger partial charge in [0.25, 0.3) is 0 Å². The second-order valence-corrected chi connectivity index (χ2v) is 11.2. The van der Waals surface area contributed by atoms with Gasteiger partial charge in [0.15, 0.2) is 0 Å². The van der Waals surface area contributed by atoms with E-state index < -0.39 is 6.17 Å². The number of ether oxygens (including phenoxy) is 1. The van der Waals surface area contributed by atoms with Crippen molar-refractivity contribution in [1.82, 2.24) is 0 Å². The summed E-state index contributed by atoms with van der Waals surface area (Å²) in [5.74, 6) is 1.36. The summed E-state index contributed by atoms with van der Waals surface area (Å²) < 4.78 is 19.7. The van der Waals surface area contributed by atoms with Crippen LogP contribution in [0.15, 0.2) is 48.5 Å². The third-order valence-corrected chi connectivity index (χ3v) is 8.33. The molecule has 37 heavy (non-hydrogen) atoms. The van der Waals surface area contributed by atoms with Crippen molar-refractivity contribution >= 4 is 0 Å². The van der Waals surface area contributed by atoms with Crippen LogP contribution in [-0.2, 0) is 0 Å². The van der Waals surface area contributed by atoms with Gasteiger partial charge in [-0.15, -0.1) is 0 Å². The molecule has 0 heterocycles. The SMILES string of the molecule is CCCCCCCC1(C#N)CCC(c2ccc(-c3ccc(OCC[C@H](F)CCCCC)cc3)cc2)CC1. The van der Waals surface area contributed by atoms with Crippen LogP contribution in [0.2, 0.25) is 0 Å².